The van der Waals surface area contributed by atoms with E-state index in [0.717, 1.165) is 0 Å². The van der Waals surface area contributed by atoms with Crippen molar-refractivity contribution in [3.63, 3.8) is 0 Å². The fraction of sp³-hybridized carbons (Fsp3) is 1.00. The van der Waals surface area contributed by atoms with Gasteiger partial charge in [-0.3, -0.25) is 4.55 Å². The number of hydrogen-bond acceptors (Lipinski definition) is 4. The van der Waals surface area contributed by atoms with E-state index in [0.29, 0.717) is 17.6 Å². The Morgan fingerprint density at radius 1 is 1.40 bits per heavy atom. The Kier molecular flexibility index (Phi) is 5.68. The van der Waals surface area contributed by atoms with Crippen molar-refractivity contribution in [3.8, 4) is 0 Å². The first kappa shape index (κ1) is 14.8. The van der Waals surface area contributed by atoms with Crippen LogP contribution >= 0.6 is 0 Å². The molecule has 1 atom stereocenters. The van der Waals surface area contributed by atoms with Gasteiger partial charge in [-0.1, -0.05) is 0 Å². The summed E-state index contributed by atoms with van der Waals surface area (Å²) in [5.74, 6) is -0.623. The highest BCUT2D eigenvalue weighted by Gasteiger charge is 2.23. The Bertz CT molecular complexity index is 275. The molecule has 0 saturated carbocycles. The van der Waals surface area contributed by atoms with Crippen LogP contribution in [0.25, 0.3) is 0 Å². The molecule has 7 heteroatoms. The van der Waals surface area contributed by atoms with Gasteiger partial charge in [-0.25, -0.2) is 0 Å². The second-order valence-corrected chi connectivity index (χ2v) is 5.73. The van der Waals surface area contributed by atoms with Crippen LogP contribution in [0.4, 0.5) is 0 Å². The average molecular weight is 242 g/mol. The van der Waals surface area contributed by atoms with Crippen LogP contribution in [-0.4, -0.2) is 75.3 Å². The van der Waals surface area contributed by atoms with Crippen molar-refractivity contribution in [2.24, 2.45) is 0 Å². The van der Waals surface area contributed by atoms with Gasteiger partial charge in [-0.15, -0.1) is 0 Å². The summed E-state index contributed by atoms with van der Waals surface area (Å²) in [6, 6.07) is 0. The van der Waals surface area contributed by atoms with E-state index in [2.05, 4.69) is 0 Å². The van der Waals surface area contributed by atoms with Crippen molar-refractivity contribution in [3.05, 3.63) is 0 Å². The number of rotatable bonds is 7. The highest BCUT2D eigenvalue weighted by Crippen LogP contribution is 2.01. The number of quaternary nitrogens is 1. The highest BCUT2D eigenvalue weighted by molar-refractivity contribution is 7.85. The molecule has 0 bridgehead atoms. The molecule has 92 valence electrons. The zero-order valence-corrected chi connectivity index (χ0v) is 10.2. The van der Waals surface area contributed by atoms with Gasteiger partial charge in [0.25, 0.3) is 10.1 Å². The minimum absolute atomic E-state index is 0.253. The topological polar surface area (TPSA) is 83.8 Å². The number of hydrogen-bond donors (Lipinski definition) is 2. The summed E-state index contributed by atoms with van der Waals surface area (Å²) in [6.45, 7) is 1.45. The van der Waals surface area contributed by atoms with Crippen LogP contribution in [0.1, 0.15) is 0 Å². The summed E-state index contributed by atoms with van der Waals surface area (Å²) < 4.78 is 34.9. The Hall–Kier alpha value is -0.210. The molecule has 0 rings (SSSR count). The maximum Gasteiger partial charge on any atom is 0.267 e. The number of nitrogens with zero attached hydrogens (tertiary/aromatic N) is 1. The summed E-state index contributed by atoms with van der Waals surface area (Å²) in [7, 11) is 1.18. The van der Waals surface area contributed by atoms with E-state index in [1.807, 2.05) is 14.1 Å². The van der Waals surface area contributed by atoms with Crippen molar-refractivity contribution in [1.82, 2.24) is 0 Å². The smallest absolute Gasteiger partial charge is 0.267 e. The van der Waals surface area contributed by atoms with Gasteiger partial charge in [0.15, 0.2) is 0 Å². The van der Waals surface area contributed by atoms with Gasteiger partial charge in [0.2, 0.25) is 0 Å². The van der Waals surface area contributed by atoms with Gasteiger partial charge < -0.3 is 14.3 Å². The van der Waals surface area contributed by atoms with E-state index in [4.69, 9.17) is 9.29 Å². The largest absolute Gasteiger partial charge is 0.386 e. The van der Waals surface area contributed by atoms with Crippen molar-refractivity contribution >= 4 is 10.1 Å². The zero-order valence-electron chi connectivity index (χ0n) is 9.38. The molecule has 0 spiro atoms. The lowest BCUT2D eigenvalue weighted by Crippen LogP contribution is -2.48. The zero-order chi connectivity index (χ0) is 12.1. The van der Waals surface area contributed by atoms with E-state index < -0.39 is 22.0 Å². The lowest BCUT2D eigenvalue weighted by molar-refractivity contribution is -0.893. The van der Waals surface area contributed by atoms with Gasteiger partial charge in [-0.05, 0) is 0 Å². The second kappa shape index (κ2) is 5.76. The molecule has 0 aliphatic carbocycles. The van der Waals surface area contributed by atoms with E-state index in [1.165, 1.54) is 0 Å². The number of aliphatic hydroxyl groups excluding tert-OH is 1. The standard InChI is InChI=1S/C8H19NO5S/c1-9(2,4-5-14-3)6-8(10)7-15(11,12)13/h8,10H,4-7H2,1-3H3/p+1. The number of aliphatic hydroxyl groups is 1. The summed E-state index contributed by atoms with van der Waals surface area (Å²) >= 11 is 0. The van der Waals surface area contributed by atoms with Gasteiger partial charge in [-0.2, -0.15) is 8.42 Å². The lowest BCUT2D eigenvalue weighted by atomic mass is 10.3. The van der Waals surface area contributed by atoms with Crippen molar-refractivity contribution in [2.45, 2.75) is 6.10 Å². The molecule has 0 heterocycles. The van der Waals surface area contributed by atoms with E-state index in [-0.39, 0.29) is 6.54 Å². The Balaban J connectivity index is 4.09. The molecular formula is C8H20NO5S+. The van der Waals surface area contributed by atoms with E-state index >= 15 is 0 Å². The molecule has 0 aliphatic heterocycles. The molecule has 6 nitrogen and oxygen atoms in total. The third kappa shape index (κ3) is 8.76. The molecule has 0 aromatic carbocycles. The first-order valence-corrected chi connectivity index (χ1v) is 6.21. The minimum Gasteiger partial charge on any atom is -0.386 e. The average Bonchev–Trinajstić information content (AvgIpc) is 1.95. The van der Waals surface area contributed by atoms with Crippen molar-refractivity contribution in [1.29, 1.82) is 0 Å². The third-order valence-corrected chi connectivity index (χ3v) is 2.81. The van der Waals surface area contributed by atoms with E-state index in [1.54, 1.807) is 7.11 Å². The molecule has 0 saturated heterocycles. The first-order chi connectivity index (χ1) is 6.66. The number of likely N-dealkylation sites (N-methyl/N-ethyl adjacent to an activating group) is 1. The predicted octanol–water partition coefficient (Wildman–Crippen LogP) is -1.04. The Morgan fingerprint density at radius 3 is 2.33 bits per heavy atom. The van der Waals surface area contributed by atoms with Gasteiger partial charge in [0.05, 0.1) is 20.7 Å². The van der Waals surface area contributed by atoms with Crippen LogP contribution in [0, 0.1) is 0 Å². The molecule has 15 heavy (non-hydrogen) atoms. The first-order valence-electron chi connectivity index (χ1n) is 4.60. The fourth-order valence-corrected chi connectivity index (χ4v) is 1.89. The maximum absolute atomic E-state index is 10.5. The van der Waals surface area contributed by atoms with Crippen LogP contribution in [0.2, 0.25) is 0 Å². The molecule has 1 unspecified atom stereocenters. The third-order valence-electron chi connectivity index (χ3n) is 2.01. The SMILES string of the molecule is COCC[N+](C)(C)CC(O)CS(=O)(=O)O. The molecule has 0 aromatic heterocycles. The van der Waals surface area contributed by atoms with Crippen LogP contribution in [0.3, 0.4) is 0 Å². The number of ether oxygens (including phenoxy) is 1. The van der Waals surface area contributed by atoms with Gasteiger partial charge in [0.1, 0.15) is 24.9 Å². The normalized spacial score (nSPS) is 15.3. The minimum atomic E-state index is -4.11. The quantitative estimate of drug-likeness (QED) is 0.440. The summed E-state index contributed by atoms with van der Waals surface area (Å²) in [5.41, 5.74) is 0. The highest BCUT2D eigenvalue weighted by atomic mass is 32.2. The summed E-state index contributed by atoms with van der Waals surface area (Å²) in [5, 5.41) is 9.42. The fourth-order valence-electron chi connectivity index (χ4n) is 1.30. The molecule has 0 aromatic rings. The van der Waals surface area contributed by atoms with Gasteiger partial charge >= 0.3 is 0 Å². The van der Waals surface area contributed by atoms with Crippen LogP contribution in [0.15, 0.2) is 0 Å². The Morgan fingerprint density at radius 2 is 1.93 bits per heavy atom. The predicted molar refractivity (Wildman–Crippen MR) is 56.1 cm³/mol. The number of methoxy groups -OCH3 is 1. The Labute approximate surface area is 90.8 Å². The van der Waals surface area contributed by atoms with Crippen LogP contribution < -0.4 is 0 Å². The second-order valence-electron chi connectivity index (χ2n) is 4.24. The molecule has 0 radical (unpaired) electrons. The molecule has 0 aliphatic rings. The van der Waals surface area contributed by atoms with Gasteiger partial charge in [0, 0.05) is 7.11 Å². The summed E-state index contributed by atoms with van der Waals surface area (Å²) in [6.07, 6.45) is -1.06. The molecular weight excluding hydrogens is 222 g/mol. The molecule has 2 N–H and O–H groups in total. The molecule has 0 amide bonds. The van der Waals surface area contributed by atoms with E-state index in [9.17, 15) is 13.5 Å². The van der Waals surface area contributed by atoms with Crippen LogP contribution in [0.5, 0.6) is 0 Å². The lowest BCUT2D eigenvalue weighted by Gasteiger charge is -2.31. The van der Waals surface area contributed by atoms with Crippen molar-refractivity contribution < 1.29 is 27.3 Å². The molecule has 0 fully saturated rings. The summed E-state index contributed by atoms with van der Waals surface area (Å²) in [4.78, 5) is 0. The monoisotopic (exact) mass is 242 g/mol. The van der Waals surface area contributed by atoms with Crippen molar-refractivity contribution in [2.75, 3.05) is 46.7 Å². The van der Waals surface area contributed by atoms with Crippen LogP contribution in [-0.2, 0) is 14.9 Å². The maximum atomic E-state index is 10.5.